The van der Waals surface area contributed by atoms with Gasteiger partial charge in [0.2, 0.25) is 0 Å². The number of amides is 1. The van der Waals surface area contributed by atoms with E-state index in [1.807, 2.05) is 24.3 Å². The van der Waals surface area contributed by atoms with Crippen LogP contribution in [0.4, 0.5) is 11.5 Å². The molecule has 0 aliphatic rings. The summed E-state index contributed by atoms with van der Waals surface area (Å²) < 4.78 is 0.825. The molecule has 0 atom stereocenters. The fourth-order valence-electron chi connectivity index (χ4n) is 1.89. The van der Waals surface area contributed by atoms with Crippen LogP contribution in [0.3, 0.4) is 0 Å². The number of benzene rings is 1. The topological polar surface area (TPSA) is 66.9 Å². The zero-order chi connectivity index (χ0) is 15.8. The fraction of sp³-hybridized carbons (Fsp3) is 0.312. The Morgan fingerprint density at radius 1 is 1.14 bits per heavy atom. The van der Waals surface area contributed by atoms with E-state index in [1.165, 1.54) is 12.8 Å². The van der Waals surface area contributed by atoms with Crippen molar-refractivity contribution in [2.24, 2.45) is 0 Å². The molecule has 0 unspecified atom stereocenters. The van der Waals surface area contributed by atoms with Crippen molar-refractivity contribution in [3.63, 3.8) is 0 Å². The lowest BCUT2D eigenvalue weighted by atomic mass is 10.2. The van der Waals surface area contributed by atoms with Gasteiger partial charge < -0.3 is 10.6 Å². The number of hydrogen-bond donors (Lipinski definition) is 2. The van der Waals surface area contributed by atoms with Gasteiger partial charge in [0, 0.05) is 11.0 Å². The Hall–Kier alpha value is -1.95. The Kier molecular flexibility index (Phi) is 6.33. The standard InChI is InChI=1S/C16H19BrN4O/c1-2-3-6-11-18-15-10-9-14(20-21-15)16(22)19-13-8-5-4-7-12(13)17/h4-5,7-10H,2-3,6,11H2,1H3,(H,18,21)(H,19,22). The average Bonchev–Trinajstić information content (AvgIpc) is 2.54. The Morgan fingerprint density at radius 3 is 2.64 bits per heavy atom. The molecule has 2 rings (SSSR count). The predicted molar refractivity (Wildman–Crippen MR) is 92.1 cm³/mol. The lowest BCUT2D eigenvalue weighted by Gasteiger charge is -2.07. The number of carbonyl (C=O) groups excluding carboxylic acids is 1. The van der Waals surface area contributed by atoms with Crippen LogP contribution >= 0.6 is 15.9 Å². The van der Waals surface area contributed by atoms with E-state index in [0.29, 0.717) is 11.5 Å². The summed E-state index contributed by atoms with van der Waals surface area (Å²) in [6.07, 6.45) is 3.47. The van der Waals surface area contributed by atoms with Crippen molar-refractivity contribution in [3.05, 3.63) is 46.6 Å². The SMILES string of the molecule is CCCCCNc1ccc(C(=O)Nc2ccccc2Br)nn1. The number of unbranched alkanes of at least 4 members (excludes halogenated alkanes) is 2. The summed E-state index contributed by atoms with van der Waals surface area (Å²) in [5, 5.41) is 14.0. The van der Waals surface area contributed by atoms with Crippen LogP contribution in [0.2, 0.25) is 0 Å². The van der Waals surface area contributed by atoms with Gasteiger partial charge >= 0.3 is 0 Å². The van der Waals surface area contributed by atoms with Gasteiger partial charge in [0.15, 0.2) is 5.69 Å². The molecule has 0 saturated carbocycles. The molecule has 22 heavy (non-hydrogen) atoms. The lowest BCUT2D eigenvalue weighted by Crippen LogP contribution is -2.15. The summed E-state index contributed by atoms with van der Waals surface area (Å²) in [6.45, 7) is 3.03. The second-order valence-corrected chi connectivity index (χ2v) is 5.73. The van der Waals surface area contributed by atoms with E-state index in [2.05, 4.69) is 43.7 Å². The second-order valence-electron chi connectivity index (χ2n) is 4.87. The number of carbonyl (C=O) groups is 1. The van der Waals surface area contributed by atoms with Gasteiger partial charge in [-0.05, 0) is 46.6 Å². The molecule has 6 heteroatoms. The van der Waals surface area contributed by atoms with Gasteiger partial charge in [-0.1, -0.05) is 31.9 Å². The predicted octanol–water partition coefficient (Wildman–Crippen LogP) is 4.09. The molecule has 2 N–H and O–H groups in total. The van der Waals surface area contributed by atoms with Crippen LogP contribution in [0.25, 0.3) is 0 Å². The summed E-state index contributed by atoms with van der Waals surface area (Å²) in [5.41, 5.74) is 0.992. The first kappa shape index (κ1) is 16.4. The minimum atomic E-state index is -0.281. The maximum absolute atomic E-state index is 12.1. The van der Waals surface area contributed by atoms with E-state index in [1.54, 1.807) is 12.1 Å². The molecule has 0 spiro atoms. The zero-order valence-electron chi connectivity index (χ0n) is 12.5. The highest BCUT2D eigenvalue weighted by atomic mass is 79.9. The molecular formula is C16H19BrN4O. The molecule has 0 fully saturated rings. The summed E-state index contributed by atoms with van der Waals surface area (Å²) in [7, 11) is 0. The number of nitrogens with one attached hydrogen (secondary N) is 2. The third-order valence-electron chi connectivity index (χ3n) is 3.11. The van der Waals surface area contributed by atoms with Crippen LogP contribution in [0.1, 0.15) is 36.7 Å². The molecule has 1 aromatic carbocycles. The van der Waals surface area contributed by atoms with E-state index in [-0.39, 0.29) is 11.6 Å². The molecule has 1 heterocycles. The number of halogens is 1. The first-order valence-electron chi connectivity index (χ1n) is 7.34. The lowest BCUT2D eigenvalue weighted by molar-refractivity contribution is 0.102. The normalized spacial score (nSPS) is 10.3. The number of para-hydroxylation sites is 1. The molecule has 5 nitrogen and oxygen atoms in total. The van der Waals surface area contributed by atoms with Crippen molar-refractivity contribution < 1.29 is 4.79 Å². The third-order valence-corrected chi connectivity index (χ3v) is 3.80. The van der Waals surface area contributed by atoms with Crippen LogP contribution in [0.15, 0.2) is 40.9 Å². The summed E-state index contributed by atoms with van der Waals surface area (Å²) in [5.74, 6) is 0.408. The van der Waals surface area contributed by atoms with Gasteiger partial charge in [-0.15, -0.1) is 10.2 Å². The summed E-state index contributed by atoms with van der Waals surface area (Å²) >= 11 is 3.39. The van der Waals surface area contributed by atoms with Crippen molar-refractivity contribution >= 4 is 33.3 Å². The van der Waals surface area contributed by atoms with Crippen LogP contribution in [-0.4, -0.2) is 22.6 Å². The molecule has 0 aliphatic heterocycles. The van der Waals surface area contributed by atoms with Gasteiger partial charge in [0.05, 0.1) is 5.69 Å². The Labute approximate surface area is 138 Å². The molecule has 0 aliphatic carbocycles. The highest BCUT2D eigenvalue weighted by Gasteiger charge is 2.10. The number of nitrogens with zero attached hydrogens (tertiary/aromatic N) is 2. The molecule has 0 saturated heterocycles. The molecule has 116 valence electrons. The minimum Gasteiger partial charge on any atom is -0.369 e. The minimum absolute atomic E-state index is 0.281. The van der Waals surface area contributed by atoms with Crippen molar-refractivity contribution in [1.82, 2.24) is 10.2 Å². The van der Waals surface area contributed by atoms with Crippen LogP contribution in [-0.2, 0) is 0 Å². The number of rotatable bonds is 7. The summed E-state index contributed by atoms with van der Waals surface area (Å²) in [6, 6.07) is 10.9. The van der Waals surface area contributed by atoms with E-state index < -0.39 is 0 Å². The second kappa shape index (κ2) is 8.48. The van der Waals surface area contributed by atoms with Crippen molar-refractivity contribution in [3.8, 4) is 0 Å². The Bertz CT molecular complexity index is 616. The number of hydrogen-bond acceptors (Lipinski definition) is 4. The Balaban J connectivity index is 1.92. The van der Waals surface area contributed by atoms with E-state index in [9.17, 15) is 4.79 Å². The van der Waals surface area contributed by atoms with E-state index in [4.69, 9.17) is 0 Å². The zero-order valence-corrected chi connectivity index (χ0v) is 14.1. The first-order chi connectivity index (χ1) is 10.7. The molecule has 0 bridgehead atoms. The highest BCUT2D eigenvalue weighted by Crippen LogP contribution is 2.21. The third kappa shape index (κ3) is 4.80. The molecule has 2 aromatic rings. The quantitative estimate of drug-likeness (QED) is 0.727. The van der Waals surface area contributed by atoms with Crippen LogP contribution < -0.4 is 10.6 Å². The monoisotopic (exact) mass is 362 g/mol. The molecule has 0 radical (unpaired) electrons. The maximum Gasteiger partial charge on any atom is 0.276 e. The maximum atomic E-state index is 12.1. The van der Waals surface area contributed by atoms with Crippen LogP contribution in [0.5, 0.6) is 0 Å². The molecule has 1 amide bonds. The van der Waals surface area contributed by atoms with Gasteiger partial charge in [-0.3, -0.25) is 4.79 Å². The van der Waals surface area contributed by atoms with Gasteiger partial charge in [-0.2, -0.15) is 0 Å². The van der Waals surface area contributed by atoms with Gasteiger partial charge in [0.25, 0.3) is 5.91 Å². The van der Waals surface area contributed by atoms with Crippen molar-refractivity contribution in [2.75, 3.05) is 17.2 Å². The number of anilines is 2. The van der Waals surface area contributed by atoms with Crippen molar-refractivity contribution in [2.45, 2.75) is 26.2 Å². The Morgan fingerprint density at radius 2 is 1.95 bits per heavy atom. The smallest absolute Gasteiger partial charge is 0.276 e. The first-order valence-corrected chi connectivity index (χ1v) is 8.13. The largest absolute Gasteiger partial charge is 0.369 e. The highest BCUT2D eigenvalue weighted by molar-refractivity contribution is 9.10. The summed E-state index contributed by atoms with van der Waals surface area (Å²) in [4.78, 5) is 12.1. The van der Waals surface area contributed by atoms with E-state index >= 15 is 0 Å². The average molecular weight is 363 g/mol. The molecule has 1 aromatic heterocycles. The van der Waals surface area contributed by atoms with E-state index in [0.717, 1.165) is 17.4 Å². The van der Waals surface area contributed by atoms with Gasteiger partial charge in [0.1, 0.15) is 5.82 Å². The molecular weight excluding hydrogens is 344 g/mol. The van der Waals surface area contributed by atoms with Gasteiger partial charge in [-0.25, -0.2) is 0 Å². The number of aromatic nitrogens is 2. The van der Waals surface area contributed by atoms with Crippen LogP contribution in [0, 0.1) is 0 Å². The fourth-order valence-corrected chi connectivity index (χ4v) is 2.27. The van der Waals surface area contributed by atoms with Crippen molar-refractivity contribution in [1.29, 1.82) is 0 Å².